The fourth-order valence-electron chi connectivity index (χ4n) is 2.06. The Morgan fingerprint density at radius 2 is 1.94 bits per heavy atom. The largest absolute Gasteiger partial charge is 0.342 e. The third-order valence-electron chi connectivity index (χ3n) is 3.10. The number of piperazine rings is 1. The van der Waals surface area contributed by atoms with Gasteiger partial charge in [-0.3, -0.25) is 9.59 Å². The molecule has 1 heterocycles. The van der Waals surface area contributed by atoms with E-state index in [-0.39, 0.29) is 23.8 Å². The second-order valence-electron chi connectivity index (χ2n) is 6.28. The molecule has 1 saturated heterocycles. The maximum atomic E-state index is 12.3. The van der Waals surface area contributed by atoms with Crippen LogP contribution >= 0.6 is 0 Å². The van der Waals surface area contributed by atoms with Crippen LogP contribution in [-0.2, 0) is 9.59 Å². The monoisotopic (exact) mass is 255 g/mol. The van der Waals surface area contributed by atoms with Crippen molar-refractivity contribution in [3.05, 3.63) is 0 Å². The molecule has 2 amide bonds. The number of hydrogen-bond acceptors (Lipinski definition) is 3. The minimum Gasteiger partial charge on any atom is -0.342 e. The molecule has 104 valence electrons. The molecule has 0 aromatic rings. The summed E-state index contributed by atoms with van der Waals surface area (Å²) in [5, 5.41) is 2.79. The summed E-state index contributed by atoms with van der Waals surface area (Å²) in [5.74, 6) is -0.0137. The molecular formula is C13H25N3O2. The molecule has 5 nitrogen and oxygen atoms in total. The van der Waals surface area contributed by atoms with E-state index in [9.17, 15) is 9.59 Å². The van der Waals surface area contributed by atoms with Gasteiger partial charge in [-0.2, -0.15) is 0 Å². The summed E-state index contributed by atoms with van der Waals surface area (Å²) in [6.45, 7) is 7.68. The Balaban J connectivity index is 2.62. The number of carbonyl (C=O) groups is 2. The highest BCUT2D eigenvalue weighted by Crippen LogP contribution is 2.23. The minimum atomic E-state index is -0.405. The lowest BCUT2D eigenvalue weighted by Crippen LogP contribution is -2.62. The van der Waals surface area contributed by atoms with Gasteiger partial charge in [0.25, 0.3) is 0 Å². The van der Waals surface area contributed by atoms with Gasteiger partial charge in [0.2, 0.25) is 11.8 Å². The maximum Gasteiger partial charge on any atom is 0.246 e. The van der Waals surface area contributed by atoms with Gasteiger partial charge in [-0.05, 0) is 32.5 Å². The van der Waals surface area contributed by atoms with Crippen LogP contribution in [0.15, 0.2) is 0 Å². The number of carbonyl (C=O) groups excluding carboxylic acids is 2. The Bertz CT molecular complexity index is 321. The first-order valence-electron chi connectivity index (χ1n) is 6.44. The molecule has 0 radical (unpaired) electrons. The summed E-state index contributed by atoms with van der Waals surface area (Å²) in [5.41, 5.74) is -0.243. The van der Waals surface area contributed by atoms with E-state index in [4.69, 9.17) is 0 Å². The first-order chi connectivity index (χ1) is 8.21. The summed E-state index contributed by atoms with van der Waals surface area (Å²) < 4.78 is 0. The van der Waals surface area contributed by atoms with Gasteiger partial charge >= 0.3 is 0 Å². The van der Waals surface area contributed by atoms with Gasteiger partial charge in [0.1, 0.15) is 6.04 Å². The topological polar surface area (TPSA) is 52.6 Å². The zero-order valence-corrected chi connectivity index (χ0v) is 12.1. The van der Waals surface area contributed by atoms with E-state index < -0.39 is 6.04 Å². The van der Waals surface area contributed by atoms with Gasteiger partial charge in [-0.25, -0.2) is 0 Å². The summed E-state index contributed by atoms with van der Waals surface area (Å²) in [4.78, 5) is 27.7. The van der Waals surface area contributed by atoms with Crippen LogP contribution in [0.2, 0.25) is 0 Å². The Kier molecular flexibility index (Phi) is 4.73. The van der Waals surface area contributed by atoms with Crippen molar-refractivity contribution >= 4 is 11.8 Å². The zero-order valence-electron chi connectivity index (χ0n) is 12.1. The van der Waals surface area contributed by atoms with Crippen LogP contribution in [-0.4, -0.2) is 61.4 Å². The van der Waals surface area contributed by atoms with E-state index in [1.54, 1.807) is 4.90 Å². The highest BCUT2D eigenvalue weighted by molar-refractivity contribution is 5.95. The van der Waals surface area contributed by atoms with Crippen molar-refractivity contribution in [2.24, 2.45) is 5.41 Å². The third kappa shape index (κ3) is 3.98. The van der Waals surface area contributed by atoms with E-state index in [2.05, 4.69) is 10.2 Å². The van der Waals surface area contributed by atoms with Crippen molar-refractivity contribution in [3.8, 4) is 0 Å². The molecule has 5 heteroatoms. The fraction of sp³-hybridized carbons (Fsp3) is 0.846. The Hall–Kier alpha value is -1.10. The zero-order chi connectivity index (χ0) is 13.9. The molecule has 18 heavy (non-hydrogen) atoms. The van der Waals surface area contributed by atoms with Crippen LogP contribution in [0, 0.1) is 5.41 Å². The summed E-state index contributed by atoms with van der Waals surface area (Å²) in [6, 6.07) is -0.405. The van der Waals surface area contributed by atoms with E-state index in [0.29, 0.717) is 6.54 Å². The molecule has 0 saturated carbocycles. The number of nitrogens with one attached hydrogen (secondary N) is 1. The van der Waals surface area contributed by atoms with E-state index >= 15 is 0 Å². The molecule has 0 aromatic carbocycles. The van der Waals surface area contributed by atoms with Crippen molar-refractivity contribution < 1.29 is 9.59 Å². The van der Waals surface area contributed by atoms with Gasteiger partial charge in [-0.1, -0.05) is 20.8 Å². The average molecular weight is 255 g/mol. The fourth-order valence-corrected chi connectivity index (χ4v) is 2.06. The van der Waals surface area contributed by atoms with Gasteiger partial charge < -0.3 is 15.1 Å². The highest BCUT2D eigenvalue weighted by atomic mass is 16.2. The Morgan fingerprint density at radius 1 is 1.33 bits per heavy atom. The number of rotatable bonds is 4. The van der Waals surface area contributed by atoms with Crippen LogP contribution in [0.4, 0.5) is 0 Å². The van der Waals surface area contributed by atoms with Crippen LogP contribution in [0.3, 0.4) is 0 Å². The van der Waals surface area contributed by atoms with Crippen molar-refractivity contribution in [1.82, 2.24) is 15.1 Å². The molecule has 0 spiro atoms. The molecule has 1 atom stereocenters. The molecule has 0 aromatic heterocycles. The lowest BCUT2D eigenvalue weighted by Gasteiger charge is -2.39. The van der Waals surface area contributed by atoms with Crippen LogP contribution in [0.25, 0.3) is 0 Å². The smallest absolute Gasteiger partial charge is 0.246 e. The molecule has 1 aliphatic heterocycles. The first-order valence-corrected chi connectivity index (χ1v) is 6.44. The lowest BCUT2D eigenvalue weighted by atomic mass is 9.85. The second-order valence-corrected chi connectivity index (χ2v) is 6.28. The normalized spacial score (nSPS) is 21.4. The summed E-state index contributed by atoms with van der Waals surface area (Å²) >= 11 is 0. The standard InChI is InChI=1S/C13H25N3O2/c1-13(2,3)11-12(18)16(9-10(17)14-11)8-6-7-15(4)5/h11H,6-9H2,1-5H3,(H,14,17). The van der Waals surface area contributed by atoms with Gasteiger partial charge in [0, 0.05) is 6.54 Å². The Morgan fingerprint density at radius 3 is 2.44 bits per heavy atom. The van der Waals surface area contributed by atoms with Crippen molar-refractivity contribution in [2.45, 2.75) is 33.2 Å². The quantitative estimate of drug-likeness (QED) is 0.786. The SMILES string of the molecule is CN(C)CCCN1CC(=O)NC(C(C)(C)C)C1=O. The van der Waals surface area contributed by atoms with E-state index in [1.807, 2.05) is 34.9 Å². The number of hydrogen-bond donors (Lipinski definition) is 1. The first kappa shape index (κ1) is 15.0. The van der Waals surface area contributed by atoms with Crippen LogP contribution in [0.5, 0.6) is 0 Å². The van der Waals surface area contributed by atoms with Crippen molar-refractivity contribution in [1.29, 1.82) is 0 Å². The van der Waals surface area contributed by atoms with Gasteiger partial charge in [-0.15, -0.1) is 0 Å². The molecule has 0 aliphatic carbocycles. The van der Waals surface area contributed by atoms with Crippen molar-refractivity contribution in [2.75, 3.05) is 33.7 Å². The molecular weight excluding hydrogens is 230 g/mol. The highest BCUT2D eigenvalue weighted by Gasteiger charge is 2.39. The maximum absolute atomic E-state index is 12.3. The number of nitrogens with zero attached hydrogens (tertiary/aromatic N) is 2. The van der Waals surface area contributed by atoms with Gasteiger partial charge in [0.15, 0.2) is 0 Å². The summed E-state index contributed by atoms with van der Waals surface area (Å²) in [6.07, 6.45) is 0.892. The van der Waals surface area contributed by atoms with E-state index in [0.717, 1.165) is 13.0 Å². The van der Waals surface area contributed by atoms with Gasteiger partial charge in [0.05, 0.1) is 6.54 Å². The molecule has 1 rings (SSSR count). The van der Waals surface area contributed by atoms with Crippen LogP contribution < -0.4 is 5.32 Å². The third-order valence-corrected chi connectivity index (χ3v) is 3.10. The number of amides is 2. The predicted molar refractivity (Wildman–Crippen MR) is 71.1 cm³/mol. The minimum absolute atomic E-state index is 0.0425. The van der Waals surface area contributed by atoms with Crippen molar-refractivity contribution in [3.63, 3.8) is 0 Å². The lowest BCUT2D eigenvalue weighted by molar-refractivity contribution is -0.147. The molecule has 1 aliphatic rings. The molecule has 1 unspecified atom stereocenters. The molecule has 0 bridgehead atoms. The van der Waals surface area contributed by atoms with Crippen LogP contribution in [0.1, 0.15) is 27.2 Å². The van der Waals surface area contributed by atoms with E-state index in [1.165, 1.54) is 0 Å². The Labute approximate surface area is 110 Å². The molecule has 1 fully saturated rings. The molecule has 1 N–H and O–H groups in total. The predicted octanol–water partition coefficient (Wildman–Crippen LogP) is 0.311. The average Bonchev–Trinajstić information content (AvgIpc) is 2.20. The summed E-state index contributed by atoms with van der Waals surface area (Å²) in [7, 11) is 4.01. The second kappa shape index (κ2) is 5.69.